The first-order valence-corrected chi connectivity index (χ1v) is 7.71. The van der Waals surface area contributed by atoms with Crippen LogP contribution in [0, 0.1) is 11.7 Å². The molecule has 5 heteroatoms. The van der Waals surface area contributed by atoms with Crippen molar-refractivity contribution in [2.24, 2.45) is 5.92 Å². The van der Waals surface area contributed by atoms with E-state index in [9.17, 15) is 4.39 Å². The van der Waals surface area contributed by atoms with E-state index in [2.05, 4.69) is 31.2 Å². The van der Waals surface area contributed by atoms with Crippen molar-refractivity contribution in [2.75, 3.05) is 13.1 Å². The molecule has 106 valence electrons. The largest absolute Gasteiger partial charge is 0.342 e. The molecule has 0 atom stereocenters. The van der Waals surface area contributed by atoms with E-state index >= 15 is 0 Å². The number of hydrogen-bond donors (Lipinski definition) is 2. The Labute approximate surface area is 126 Å². The predicted octanol–water partition coefficient (Wildman–Crippen LogP) is 3.52. The average molecular weight is 338 g/mol. The van der Waals surface area contributed by atoms with Crippen molar-refractivity contribution in [3.8, 4) is 11.3 Å². The van der Waals surface area contributed by atoms with Crippen LogP contribution in [0.1, 0.15) is 18.7 Å². The molecular formula is C15H17BrFN3. The van der Waals surface area contributed by atoms with E-state index in [1.54, 1.807) is 6.07 Å². The molecule has 3 nitrogen and oxygen atoms in total. The van der Waals surface area contributed by atoms with Crippen LogP contribution in [0.15, 0.2) is 28.9 Å². The minimum absolute atomic E-state index is 0.241. The van der Waals surface area contributed by atoms with Gasteiger partial charge in [-0.1, -0.05) is 0 Å². The number of halogens is 2. The van der Waals surface area contributed by atoms with Crippen LogP contribution in [0.4, 0.5) is 4.39 Å². The maximum atomic E-state index is 13.1. The molecule has 1 aromatic heterocycles. The summed E-state index contributed by atoms with van der Waals surface area (Å²) in [6.07, 6.45) is 5.22. The van der Waals surface area contributed by atoms with Crippen LogP contribution in [0.3, 0.4) is 0 Å². The first-order valence-electron chi connectivity index (χ1n) is 6.92. The molecule has 0 spiro atoms. The van der Waals surface area contributed by atoms with Crippen molar-refractivity contribution in [3.05, 3.63) is 40.5 Å². The van der Waals surface area contributed by atoms with E-state index in [1.807, 2.05) is 6.20 Å². The van der Waals surface area contributed by atoms with Gasteiger partial charge in [0.15, 0.2) is 0 Å². The summed E-state index contributed by atoms with van der Waals surface area (Å²) in [7, 11) is 0. The quantitative estimate of drug-likeness (QED) is 0.899. The number of aromatic nitrogens is 2. The highest BCUT2D eigenvalue weighted by Gasteiger charge is 2.15. The lowest BCUT2D eigenvalue weighted by molar-refractivity contribution is 0.368. The summed E-state index contributed by atoms with van der Waals surface area (Å²) < 4.78 is 13.9. The van der Waals surface area contributed by atoms with E-state index in [0.29, 0.717) is 5.92 Å². The lowest BCUT2D eigenvalue weighted by Crippen LogP contribution is -2.28. The van der Waals surface area contributed by atoms with Gasteiger partial charge < -0.3 is 10.3 Å². The molecule has 0 unspecified atom stereocenters. The summed E-state index contributed by atoms with van der Waals surface area (Å²) in [5.74, 6) is 1.48. The first-order chi connectivity index (χ1) is 9.72. The van der Waals surface area contributed by atoms with E-state index in [-0.39, 0.29) is 5.82 Å². The maximum Gasteiger partial charge on any atom is 0.124 e. The monoisotopic (exact) mass is 337 g/mol. The highest BCUT2D eigenvalue weighted by atomic mass is 79.9. The Morgan fingerprint density at radius 3 is 2.85 bits per heavy atom. The fourth-order valence-electron chi connectivity index (χ4n) is 2.67. The molecule has 1 aliphatic rings. The van der Waals surface area contributed by atoms with Crippen LogP contribution in [-0.2, 0) is 6.42 Å². The number of benzene rings is 1. The molecule has 0 radical (unpaired) electrons. The minimum Gasteiger partial charge on any atom is -0.342 e. The van der Waals surface area contributed by atoms with Crippen molar-refractivity contribution in [1.82, 2.24) is 15.3 Å². The summed E-state index contributed by atoms with van der Waals surface area (Å²) in [5, 5.41) is 3.37. The van der Waals surface area contributed by atoms with E-state index in [1.165, 1.54) is 25.0 Å². The third-order valence-electron chi connectivity index (χ3n) is 3.79. The van der Waals surface area contributed by atoms with Gasteiger partial charge in [-0.3, -0.25) is 0 Å². The van der Waals surface area contributed by atoms with Gasteiger partial charge in [0.2, 0.25) is 0 Å². The standard InChI is InChI=1S/C15H17BrFN3/c16-13-8-11(17)1-2-12(13)14-9-19-15(20-14)7-10-3-5-18-6-4-10/h1-2,8-10,18H,3-7H2,(H,19,20). The maximum absolute atomic E-state index is 13.1. The highest BCUT2D eigenvalue weighted by Crippen LogP contribution is 2.28. The van der Waals surface area contributed by atoms with E-state index < -0.39 is 0 Å². The zero-order valence-corrected chi connectivity index (χ0v) is 12.7. The number of nitrogens with one attached hydrogen (secondary N) is 2. The van der Waals surface area contributed by atoms with Gasteiger partial charge in [0.1, 0.15) is 11.6 Å². The lowest BCUT2D eigenvalue weighted by atomic mass is 9.94. The normalized spacial score (nSPS) is 16.5. The molecule has 2 aromatic rings. The molecule has 0 amide bonds. The number of rotatable bonds is 3. The molecule has 2 N–H and O–H groups in total. The average Bonchev–Trinajstić information content (AvgIpc) is 2.88. The van der Waals surface area contributed by atoms with Crippen LogP contribution < -0.4 is 5.32 Å². The van der Waals surface area contributed by atoms with E-state index in [4.69, 9.17) is 0 Å². The number of aromatic amines is 1. The molecule has 1 aromatic carbocycles. The van der Waals surface area contributed by atoms with Gasteiger partial charge in [0.25, 0.3) is 0 Å². The number of imidazole rings is 1. The Morgan fingerprint density at radius 1 is 1.30 bits per heavy atom. The minimum atomic E-state index is -0.241. The Bertz CT molecular complexity index is 591. The van der Waals surface area contributed by atoms with Crippen LogP contribution in [0.5, 0.6) is 0 Å². The summed E-state index contributed by atoms with van der Waals surface area (Å²) in [6, 6.07) is 4.71. The highest BCUT2D eigenvalue weighted by molar-refractivity contribution is 9.10. The smallest absolute Gasteiger partial charge is 0.124 e. The summed E-state index contributed by atoms with van der Waals surface area (Å²) >= 11 is 3.40. The molecule has 20 heavy (non-hydrogen) atoms. The van der Waals surface area contributed by atoms with Crippen molar-refractivity contribution < 1.29 is 4.39 Å². The third-order valence-corrected chi connectivity index (χ3v) is 4.45. The zero-order valence-electron chi connectivity index (χ0n) is 11.1. The van der Waals surface area contributed by atoms with Gasteiger partial charge in [0, 0.05) is 16.5 Å². The number of H-pyrrole nitrogens is 1. The lowest BCUT2D eigenvalue weighted by Gasteiger charge is -2.21. The molecule has 1 aliphatic heterocycles. The Kier molecular flexibility index (Phi) is 4.17. The number of piperidine rings is 1. The molecule has 0 bridgehead atoms. The summed E-state index contributed by atoms with van der Waals surface area (Å²) in [4.78, 5) is 7.81. The first kappa shape index (κ1) is 13.8. The molecule has 1 saturated heterocycles. The molecule has 0 aliphatic carbocycles. The van der Waals surface area contributed by atoms with Crippen LogP contribution in [0.2, 0.25) is 0 Å². The second-order valence-corrected chi connectivity index (χ2v) is 6.12. The number of nitrogens with zero attached hydrogens (tertiary/aromatic N) is 1. The number of hydrogen-bond acceptors (Lipinski definition) is 2. The van der Waals surface area contributed by atoms with Gasteiger partial charge in [-0.15, -0.1) is 0 Å². The van der Waals surface area contributed by atoms with Crippen LogP contribution >= 0.6 is 15.9 Å². The molecule has 3 rings (SSSR count). The second kappa shape index (κ2) is 6.06. The van der Waals surface area contributed by atoms with Gasteiger partial charge in [0.05, 0.1) is 11.9 Å². The Balaban J connectivity index is 1.75. The van der Waals surface area contributed by atoms with Crippen LogP contribution in [-0.4, -0.2) is 23.1 Å². The zero-order chi connectivity index (χ0) is 13.9. The van der Waals surface area contributed by atoms with Crippen molar-refractivity contribution >= 4 is 15.9 Å². The summed E-state index contributed by atoms with van der Waals surface area (Å²) in [6.45, 7) is 2.20. The van der Waals surface area contributed by atoms with Crippen molar-refractivity contribution in [1.29, 1.82) is 0 Å². The fourth-order valence-corrected chi connectivity index (χ4v) is 3.23. The van der Waals surface area contributed by atoms with Gasteiger partial charge >= 0.3 is 0 Å². The molecule has 0 saturated carbocycles. The molecular weight excluding hydrogens is 321 g/mol. The summed E-state index contributed by atoms with van der Waals surface area (Å²) in [5.41, 5.74) is 1.87. The van der Waals surface area contributed by atoms with Gasteiger partial charge in [-0.2, -0.15) is 0 Å². The Morgan fingerprint density at radius 2 is 2.10 bits per heavy atom. The topological polar surface area (TPSA) is 40.7 Å². The SMILES string of the molecule is Fc1ccc(-c2cnc(CC3CCNCC3)[nH]2)c(Br)c1. The Hall–Kier alpha value is -1.20. The predicted molar refractivity (Wildman–Crippen MR) is 81.0 cm³/mol. The van der Waals surface area contributed by atoms with Gasteiger partial charge in [-0.25, -0.2) is 9.37 Å². The van der Waals surface area contributed by atoms with E-state index in [0.717, 1.165) is 41.1 Å². The second-order valence-electron chi connectivity index (χ2n) is 5.27. The van der Waals surface area contributed by atoms with Gasteiger partial charge in [-0.05, 0) is 66.0 Å². The molecule has 1 fully saturated rings. The van der Waals surface area contributed by atoms with Crippen molar-refractivity contribution in [3.63, 3.8) is 0 Å². The fraction of sp³-hybridized carbons (Fsp3) is 0.400. The van der Waals surface area contributed by atoms with Crippen molar-refractivity contribution in [2.45, 2.75) is 19.3 Å². The molecule has 2 heterocycles. The van der Waals surface area contributed by atoms with Crippen LogP contribution in [0.25, 0.3) is 11.3 Å². The third kappa shape index (κ3) is 3.10.